The van der Waals surface area contributed by atoms with Crippen molar-refractivity contribution in [3.63, 3.8) is 0 Å². The van der Waals surface area contributed by atoms with Crippen LogP contribution >= 0.6 is 0 Å². The molecule has 0 aromatic heterocycles. The third-order valence-corrected chi connectivity index (χ3v) is 15.6. The van der Waals surface area contributed by atoms with E-state index in [2.05, 4.69) is 74.9 Å². The fourth-order valence-corrected chi connectivity index (χ4v) is 10.4. The average molecular weight is 601 g/mol. The Balaban J connectivity index is 1.52. The number of carbonyl (C=O) groups is 2. The average Bonchev–Trinajstić information content (AvgIpc) is 2.98. The number of anilines is 2. The maximum atomic E-state index is 12.9. The molecule has 2 amide bonds. The van der Waals surface area contributed by atoms with Gasteiger partial charge >= 0.3 is 0 Å². The van der Waals surface area contributed by atoms with E-state index in [0.29, 0.717) is 22.5 Å². The first-order valence-electron chi connectivity index (χ1n) is 16.0. The van der Waals surface area contributed by atoms with Crippen molar-refractivity contribution in [2.24, 2.45) is 0 Å². The second kappa shape index (κ2) is 16.0. The molecule has 0 fully saturated rings. The first kappa shape index (κ1) is 33.5. The van der Waals surface area contributed by atoms with Crippen LogP contribution in [0.1, 0.15) is 85.9 Å². The van der Waals surface area contributed by atoms with Gasteiger partial charge in [-0.15, -0.1) is 0 Å². The van der Waals surface area contributed by atoms with Gasteiger partial charge in [-0.25, -0.2) is 0 Å². The van der Waals surface area contributed by atoms with Gasteiger partial charge in [0.1, 0.15) is 0 Å². The summed E-state index contributed by atoms with van der Waals surface area (Å²) in [6.45, 7) is 14.2. The molecule has 0 atom stereocenters. The highest BCUT2D eigenvalue weighted by Crippen LogP contribution is 2.19. The molecule has 0 heterocycles. The molecule has 2 N–H and O–H groups in total. The zero-order chi connectivity index (χ0) is 30.6. The number of hydrogen-bond donors (Lipinski definition) is 2. The van der Waals surface area contributed by atoms with E-state index in [4.69, 9.17) is 0 Å². The molecule has 42 heavy (non-hydrogen) atoms. The Kier molecular flexibility index (Phi) is 12.8. The molecule has 6 heteroatoms. The van der Waals surface area contributed by atoms with E-state index in [1.807, 2.05) is 48.5 Å². The van der Waals surface area contributed by atoms with Crippen molar-refractivity contribution in [2.75, 3.05) is 10.6 Å². The molecule has 4 nitrogen and oxygen atoms in total. The lowest BCUT2D eigenvalue weighted by Crippen LogP contribution is -2.41. The highest BCUT2D eigenvalue weighted by molar-refractivity contribution is 6.90. The van der Waals surface area contributed by atoms with Gasteiger partial charge in [-0.2, -0.15) is 0 Å². The zero-order valence-electron chi connectivity index (χ0n) is 26.8. The maximum absolute atomic E-state index is 12.9. The minimum Gasteiger partial charge on any atom is -0.322 e. The van der Waals surface area contributed by atoms with Crippen LogP contribution in [0.25, 0.3) is 0 Å². The number of amides is 2. The van der Waals surface area contributed by atoms with Crippen LogP contribution in [0.2, 0.25) is 38.3 Å². The molecule has 3 aromatic carbocycles. The highest BCUT2D eigenvalue weighted by atomic mass is 28.3. The fraction of sp³-hybridized carbons (Fsp3) is 0.444. The van der Waals surface area contributed by atoms with Crippen molar-refractivity contribution >= 4 is 49.7 Å². The zero-order valence-corrected chi connectivity index (χ0v) is 28.8. The SMILES string of the molecule is CCCCCC[Si](C)(C)c1ccc(C(=O)Nc2ccc(NC(=O)c3ccc([Si](C)(C)CCCCCC)cc3)cc2)cc1. The predicted molar refractivity (Wildman–Crippen MR) is 187 cm³/mol. The molecule has 0 aliphatic heterocycles. The minimum atomic E-state index is -1.49. The predicted octanol–water partition coefficient (Wildman–Crippen LogP) is 9.18. The quantitative estimate of drug-likeness (QED) is 0.127. The summed E-state index contributed by atoms with van der Waals surface area (Å²) < 4.78 is 0. The van der Waals surface area contributed by atoms with Gasteiger partial charge < -0.3 is 10.6 Å². The molecule has 0 radical (unpaired) electrons. The van der Waals surface area contributed by atoms with Gasteiger partial charge in [0.15, 0.2) is 0 Å². The van der Waals surface area contributed by atoms with Crippen LogP contribution in [-0.4, -0.2) is 28.0 Å². The lowest BCUT2D eigenvalue weighted by molar-refractivity contribution is 0.101. The Morgan fingerprint density at radius 2 is 0.833 bits per heavy atom. The van der Waals surface area contributed by atoms with Crippen molar-refractivity contribution in [3.8, 4) is 0 Å². The van der Waals surface area contributed by atoms with Gasteiger partial charge in [-0.05, 0) is 48.5 Å². The molecule has 226 valence electrons. The smallest absolute Gasteiger partial charge is 0.255 e. The van der Waals surface area contributed by atoms with Crippen LogP contribution in [0.15, 0.2) is 72.8 Å². The van der Waals surface area contributed by atoms with Gasteiger partial charge in [-0.1, -0.05) is 138 Å². The first-order valence-corrected chi connectivity index (χ1v) is 22.4. The number of nitrogens with one attached hydrogen (secondary N) is 2. The third kappa shape index (κ3) is 10.1. The van der Waals surface area contributed by atoms with Crippen LogP contribution in [0.5, 0.6) is 0 Å². The Bertz CT molecular complexity index is 1170. The monoisotopic (exact) mass is 600 g/mol. The molecule has 0 saturated carbocycles. The van der Waals surface area contributed by atoms with Crippen molar-refractivity contribution in [3.05, 3.63) is 83.9 Å². The van der Waals surface area contributed by atoms with E-state index in [1.165, 1.54) is 73.8 Å². The summed E-state index contributed by atoms with van der Waals surface area (Å²) in [7, 11) is -2.98. The molecule has 0 bridgehead atoms. The minimum absolute atomic E-state index is 0.127. The number of benzene rings is 3. The number of rotatable bonds is 16. The molecule has 3 rings (SSSR count). The van der Waals surface area contributed by atoms with Crippen LogP contribution in [0.3, 0.4) is 0 Å². The molecular weight excluding hydrogens is 549 g/mol. The summed E-state index contributed by atoms with van der Waals surface area (Å²) in [6.07, 6.45) is 10.3. The molecule has 0 aliphatic carbocycles. The van der Waals surface area contributed by atoms with Crippen LogP contribution in [0, 0.1) is 0 Å². The van der Waals surface area contributed by atoms with Crippen molar-refractivity contribution in [1.29, 1.82) is 0 Å². The summed E-state index contributed by atoms with van der Waals surface area (Å²) in [4.78, 5) is 25.8. The lowest BCUT2D eigenvalue weighted by atomic mass is 10.2. The van der Waals surface area contributed by atoms with Crippen LogP contribution < -0.4 is 21.0 Å². The number of carbonyl (C=O) groups excluding carboxylic acids is 2. The largest absolute Gasteiger partial charge is 0.322 e. The second-order valence-electron chi connectivity index (χ2n) is 13.0. The van der Waals surface area contributed by atoms with E-state index in [1.54, 1.807) is 0 Å². The Hall–Kier alpha value is -2.97. The lowest BCUT2D eigenvalue weighted by Gasteiger charge is -2.23. The topological polar surface area (TPSA) is 58.2 Å². The maximum Gasteiger partial charge on any atom is 0.255 e. The van der Waals surface area contributed by atoms with Gasteiger partial charge in [0.05, 0.1) is 16.1 Å². The van der Waals surface area contributed by atoms with Gasteiger partial charge in [0.25, 0.3) is 11.8 Å². The standard InChI is InChI=1S/C36H52N2O2Si2/c1-7-9-11-13-27-41(3,4)33-23-15-29(16-24-33)35(39)37-31-19-21-32(22-20-31)38-36(40)30-17-25-34(26-18-30)42(5,6)28-14-12-10-8-2/h15-26H,7-14,27-28H2,1-6H3,(H,37,39)(H,38,40). The van der Waals surface area contributed by atoms with E-state index in [0.717, 1.165) is 0 Å². The fourth-order valence-electron chi connectivity index (χ4n) is 5.47. The summed E-state index contributed by atoms with van der Waals surface area (Å²) in [6, 6.07) is 26.2. The second-order valence-corrected chi connectivity index (χ2v) is 22.7. The summed E-state index contributed by atoms with van der Waals surface area (Å²) in [5.74, 6) is -0.254. The molecule has 0 spiro atoms. The normalized spacial score (nSPS) is 11.8. The van der Waals surface area contributed by atoms with Crippen LogP contribution in [0.4, 0.5) is 11.4 Å². The molecular formula is C36H52N2O2Si2. The van der Waals surface area contributed by atoms with Crippen molar-refractivity contribution in [1.82, 2.24) is 0 Å². The number of hydrogen-bond acceptors (Lipinski definition) is 2. The van der Waals surface area contributed by atoms with Gasteiger partial charge in [0.2, 0.25) is 0 Å². The van der Waals surface area contributed by atoms with E-state index in [-0.39, 0.29) is 11.8 Å². The summed E-state index contributed by atoms with van der Waals surface area (Å²) in [5, 5.41) is 8.77. The van der Waals surface area contributed by atoms with Gasteiger partial charge in [-0.3, -0.25) is 9.59 Å². The Morgan fingerprint density at radius 3 is 1.14 bits per heavy atom. The molecule has 0 unspecified atom stereocenters. The first-order chi connectivity index (χ1) is 20.1. The third-order valence-electron chi connectivity index (χ3n) is 8.57. The molecule has 0 saturated heterocycles. The number of unbranched alkanes of at least 4 members (excludes halogenated alkanes) is 6. The van der Waals surface area contributed by atoms with Crippen molar-refractivity contribution in [2.45, 2.75) is 103 Å². The van der Waals surface area contributed by atoms with Crippen molar-refractivity contribution < 1.29 is 9.59 Å². The van der Waals surface area contributed by atoms with E-state index in [9.17, 15) is 9.59 Å². The molecule has 0 aliphatic rings. The van der Waals surface area contributed by atoms with Crippen LogP contribution in [-0.2, 0) is 0 Å². The van der Waals surface area contributed by atoms with Gasteiger partial charge in [0, 0.05) is 22.5 Å². The van der Waals surface area contributed by atoms with E-state index >= 15 is 0 Å². The summed E-state index contributed by atoms with van der Waals surface area (Å²) in [5.41, 5.74) is 2.71. The Labute approximate surface area is 256 Å². The highest BCUT2D eigenvalue weighted by Gasteiger charge is 2.24. The van der Waals surface area contributed by atoms with E-state index < -0.39 is 16.1 Å². The Morgan fingerprint density at radius 1 is 0.500 bits per heavy atom. The summed E-state index contributed by atoms with van der Waals surface area (Å²) >= 11 is 0. The molecule has 3 aromatic rings.